The number of carbonyl (C=O) groups is 1. The van der Waals surface area contributed by atoms with Crippen molar-refractivity contribution in [1.29, 1.82) is 0 Å². The molecule has 0 spiro atoms. The molecule has 18 heavy (non-hydrogen) atoms. The van der Waals surface area contributed by atoms with Gasteiger partial charge in [0, 0.05) is 24.4 Å². The van der Waals surface area contributed by atoms with Crippen LogP contribution in [0.3, 0.4) is 0 Å². The molecule has 0 amide bonds. The van der Waals surface area contributed by atoms with Crippen LogP contribution in [0.25, 0.3) is 0 Å². The minimum Gasteiger partial charge on any atom is -0.481 e. The summed E-state index contributed by atoms with van der Waals surface area (Å²) in [5.41, 5.74) is 0. The fourth-order valence-corrected chi connectivity index (χ4v) is 2.82. The second kappa shape index (κ2) is 8.29. The quantitative estimate of drug-likeness (QED) is 0.557. The summed E-state index contributed by atoms with van der Waals surface area (Å²) in [4.78, 5) is 13.9. The van der Waals surface area contributed by atoms with Crippen LogP contribution in [-0.2, 0) is 11.3 Å². The maximum Gasteiger partial charge on any atom is 0.303 e. The SMILES string of the molecule is C=CCN(CCCCC(=O)O)Cc1ccc(Cl)s1. The van der Waals surface area contributed by atoms with E-state index in [4.69, 9.17) is 16.7 Å². The summed E-state index contributed by atoms with van der Waals surface area (Å²) in [6, 6.07) is 3.93. The molecular weight excluding hydrogens is 270 g/mol. The zero-order chi connectivity index (χ0) is 13.4. The van der Waals surface area contributed by atoms with E-state index in [1.54, 1.807) is 11.3 Å². The summed E-state index contributed by atoms with van der Waals surface area (Å²) >= 11 is 7.48. The number of hydrogen-bond acceptors (Lipinski definition) is 3. The highest BCUT2D eigenvalue weighted by atomic mass is 35.5. The minimum atomic E-state index is -0.727. The van der Waals surface area contributed by atoms with Gasteiger partial charge in [-0.1, -0.05) is 17.7 Å². The van der Waals surface area contributed by atoms with Gasteiger partial charge in [0.05, 0.1) is 4.34 Å². The van der Waals surface area contributed by atoms with E-state index < -0.39 is 5.97 Å². The molecule has 1 N–H and O–H groups in total. The molecule has 1 heterocycles. The smallest absolute Gasteiger partial charge is 0.303 e. The first-order valence-electron chi connectivity index (χ1n) is 5.91. The third kappa shape index (κ3) is 6.19. The van der Waals surface area contributed by atoms with Crippen LogP contribution in [0.4, 0.5) is 0 Å². The number of hydrogen-bond donors (Lipinski definition) is 1. The number of carboxylic acids is 1. The van der Waals surface area contributed by atoms with Crippen LogP contribution in [0.5, 0.6) is 0 Å². The Morgan fingerprint density at radius 3 is 2.83 bits per heavy atom. The summed E-state index contributed by atoms with van der Waals surface area (Å²) in [6.07, 6.45) is 3.71. The fraction of sp³-hybridized carbons (Fsp3) is 0.462. The second-order valence-corrected chi connectivity index (χ2v) is 5.88. The molecule has 0 aromatic carbocycles. The molecule has 0 fully saturated rings. The molecule has 0 saturated carbocycles. The van der Waals surface area contributed by atoms with Gasteiger partial charge in [-0.05, 0) is 31.5 Å². The first-order chi connectivity index (χ1) is 8.61. The summed E-state index contributed by atoms with van der Waals surface area (Å²) in [7, 11) is 0. The molecular formula is C13H18ClNO2S. The van der Waals surface area contributed by atoms with Gasteiger partial charge in [0.2, 0.25) is 0 Å². The van der Waals surface area contributed by atoms with Crippen molar-refractivity contribution in [1.82, 2.24) is 4.90 Å². The number of thiophene rings is 1. The molecule has 1 aromatic heterocycles. The number of carboxylic acid groups (broad SMARTS) is 1. The van der Waals surface area contributed by atoms with Crippen molar-refractivity contribution in [2.75, 3.05) is 13.1 Å². The van der Waals surface area contributed by atoms with Gasteiger partial charge in [0.1, 0.15) is 0 Å². The summed E-state index contributed by atoms with van der Waals surface area (Å²) in [6.45, 7) is 6.28. The molecule has 0 aliphatic rings. The number of rotatable bonds is 9. The van der Waals surface area contributed by atoms with Crippen molar-refractivity contribution in [3.8, 4) is 0 Å². The average Bonchev–Trinajstić information content (AvgIpc) is 2.70. The zero-order valence-electron chi connectivity index (χ0n) is 10.3. The van der Waals surface area contributed by atoms with E-state index in [1.165, 1.54) is 4.88 Å². The molecule has 100 valence electrons. The normalized spacial score (nSPS) is 10.8. The lowest BCUT2D eigenvalue weighted by atomic mass is 10.2. The lowest BCUT2D eigenvalue weighted by Gasteiger charge is -2.19. The minimum absolute atomic E-state index is 0.243. The Kier molecular flexibility index (Phi) is 7.01. The van der Waals surface area contributed by atoms with Crippen LogP contribution < -0.4 is 0 Å². The molecule has 0 bridgehead atoms. The molecule has 0 saturated heterocycles. The van der Waals surface area contributed by atoms with Crippen molar-refractivity contribution >= 4 is 28.9 Å². The van der Waals surface area contributed by atoms with Crippen LogP contribution >= 0.6 is 22.9 Å². The maximum atomic E-state index is 10.4. The van der Waals surface area contributed by atoms with Crippen molar-refractivity contribution in [2.24, 2.45) is 0 Å². The van der Waals surface area contributed by atoms with Crippen molar-refractivity contribution < 1.29 is 9.90 Å². The monoisotopic (exact) mass is 287 g/mol. The lowest BCUT2D eigenvalue weighted by Crippen LogP contribution is -2.24. The molecule has 0 aliphatic heterocycles. The number of aliphatic carboxylic acids is 1. The Balaban J connectivity index is 2.34. The standard InChI is InChI=1S/C13H18ClNO2S/c1-2-8-15(9-4-3-5-13(16)17)10-11-6-7-12(14)18-11/h2,6-7H,1,3-5,8-10H2,(H,16,17). The Hall–Kier alpha value is -0.840. The largest absolute Gasteiger partial charge is 0.481 e. The zero-order valence-corrected chi connectivity index (χ0v) is 11.8. The van der Waals surface area contributed by atoms with E-state index in [0.29, 0.717) is 6.42 Å². The molecule has 0 atom stereocenters. The molecule has 5 heteroatoms. The van der Waals surface area contributed by atoms with E-state index in [1.807, 2.05) is 18.2 Å². The van der Waals surface area contributed by atoms with Gasteiger partial charge in [-0.15, -0.1) is 17.9 Å². The Bertz CT molecular complexity index is 392. The number of nitrogens with zero attached hydrogens (tertiary/aromatic N) is 1. The van der Waals surface area contributed by atoms with Crippen LogP contribution in [-0.4, -0.2) is 29.1 Å². The third-order valence-corrected chi connectivity index (χ3v) is 3.73. The highest BCUT2D eigenvalue weighted by Crippen LogP contribution is 2.22. The third-order valence-electron chi connectivity index (χ3n) is 2.51. The number of unbranched alkanes of at least 4 members (excludes halogenated alkanes) is 1. The second-order valence-electron chi connectivity index (χ2n) is 4.08. The Morgan fingerprint density at radius 1 is 1.50 bits per heavy atom. The first kappa shape index (κ1) is 15.2. The molecule has 0 aliphatic carbocycles. The van der Waals surface area contributed by atoms with Crippen LogP contribution in [0.2, 0.25) is 4.34 Å². The average molecular weight is 288 g/mol. The highest BCUT2D eigenvalue weighted by Gasteiger charge is 2.07. The van der Waals surface area contributed by atoms with E-state index in [2.05, 4.69) is 11.5 Å². The van der Waals surface area contributed by atoms with Gasteiger partial charge in [-0.2, -0.15) is 0 Å². The van der Waals surface area contributed by atoms with Crippen molar-refractivity contribution in [3.05, 3.63) is 34.0 Å². The Morgan fingerprint density at radius 2 is 2.28 bits per heavy atom. The first-order valence-corrected chi connectivity index (χ1v) is 7.10. The molecule has 0 radical (unpaired) electrons. The van der Waals surface area contributed by atoms with Crippen LogP contribution in [0, 0.1) is 0 Å². The number of halogens is 1. The molecule has 1 aromatic rings. The van der Waals surface area contributed by atoms with Crippen molar-refractivity contribution in [2.45, 2.75) is 25.8 Å². The molecule has 0 unspecified atom stereocenters. The van der Waals surface area contributed by atoms with E-state index in [0.717, 1.165) is 30.4 Å². The van der Waals surface area contributed by atoms with Gasteiger partial charge in [-0.25, -0.2) is 0 Å². The van der Waals surface area contributed by atoms with Gasteiger partial charge >= 0.3 is 5.97 Å². The lowest BCUT2D eigenvalue weighted by molar-refractivity contribution is -0.137. The fourth-order valence-electron chi connectivity index (χ4n) is 1.69. The summed E-state index contributed by atoms with van der Waals surface area (Å²) in [5.74, 6) is -0.727. The van der Waals surface area contributed by atoms with Crippen LogP contribution in [0.15, 0.2) is 24.8 Å². The molecule has 1 rings (SSSR count). The van der Waals surface area contributed by atoms with Gasteiger partial charge < -0.3 is 5.11 Å². The van der Waals surface area contributed by atoms with E-state index in [9.17, 15) is 4.79 Å². The van der Waals surface area contributed by atoms with Gasteiger partial charge in [0.15, 0.2) is 0 Å². The summed E-state index contributed by atoms with van der Waals surface area (Å²) < 4.78 is 0.800. The van der Waals surface area contributed by atoms with E-state index in [-0.39, 0.29) is 6.42 Å². The van der Waals surface area contributed by atoms with Gasteiger partial charge in [0.25, 0.3) is 0 Å². The van der Waals surface area contributed by atoms with Crippen molar-refractivity contribution in [3.63, 3.8) is 0 Å². The predicted molar refractivity (Wildman–Crippen MR) is 76.3 cm³/mol. The molecule has 3 nitrogen and oxygen atoms in total. The topological polar surface area (TPSA) is 40.5 Å². The Labute approximate surface area is 117 Å². The predicted octanol–water partition coefficient (Wildman–Crippen LogP) is 3.64. The van der Waals surface area contributed by atoms with Gasteiger partial charge in [-0.3, -0.25) is 9.69 Å². The van der Waals surface area contributed by atoms with E-state index >= 15 is 0 Å². The summed E-state index contributed by atoms with van der Waals surface area (Å²) in [5, 5.41) is 8.58. The van der Waals surface area contributed by atoms with Crippen LogP contribution in [0.1, 0.15) is 24.1 Å². The highest BCUT2D eigenvalue weighted by molar-refractivity contribution is 7.16. The maximum absolute atomic E-state index is 10.4.